The summed E-state index contributed by atoms with van der Waals surface area (Å²) in [7, 11) is 0. The van der Waals surface area contributed by atoms with Gasteiger partial charge in [-0.25, -0.2) is 0 Å². The Hall–Kier alpha value is -0.520. The molecule has 0 aromatic rings. The second kappa shape index (κ2) is 9.09. The van der Waals surface area contributed by atoms with Crippen molar-refractivity contribution in [1.29, 1.82) is 0 Å². The van der Waals surface area contributed by atoms with Crippen LogP contribution in [0.2, 0.25) is 0 Å². The Kier molecular flexibility index (Phi) is 7.20. The van der Waals surface area contributed by atoms with Crippen LogP contribution >= 0.6 is 0 Å². The van der Waals surface area contributed by atoms with Crippen LogP contribution in [0.15, 0.2) is 0 Å². The van der Waals surface area contributed by atoms with Crippen molar-refractivity contribution >= 4 is 0 Å². The summed E-state index contributed by atoms with van der Waals surface area (Å²) in [6.45, 7) is -0.955. The molecule has 0 aromatic carbocycles. The molecule has 28 heavy (non-hydrogen) atoms. The van der Waals surface area contributed by atoms with Crippen LogP contribution in [0.3, 0.4) is 0 Å². The lowest BCUT2D eigenvalue weighted by Gasteiger charge is -2.37. The lowest BCUT2D eigenvalue weighted by atomic mass is 10.0. The molecule has 0 spiro atoms. The number of aliphatic hydroxyl groups excluding tert-OH is 8. The van der Waals surface area contributed by atoms with E-state index in [2.05, 4.69) is 0 Å². The molecule has 3 heterocycles. The van der Waals surface area contributed by atoms with Gasteiger partial charge in [0.1, 0.15) is 54.9 Å². The maximum absolute atomic E-state index is 10.1. The van der Waals surface area contributed by atoms with Crippen LogP contribution in [0.4, 0.5) is 0 Å². The third-order valence-electron chi connectivity index (χ3n) is 4.93. The highest BCUT2D eigenvalue weighted by atomic mass is 16.7. The van der Waals surface area contributed by atoms with E-state index in [1.165, 1.54) is 0 Å². The molecule has 3 saturated heterocycles. The molecule has 0 radical (unpaired) electrons. The SMILES string of the molecule is OC1COC(OCC2OC(OC3C(O)COC(O)C3O)C(O)C2O)C(O)C1O. The normalized spacial score (nSPS) is 52.7. The molecular weight excluding hydrogens is 388 g/mol. The number of aliphatic hydroxyl groups is 8. The quantitative estimate of drug-likeness (QED) is 0.211. The molecule has 3 rings (SSSR count). The van der Waals surface area contributed by atoms with E-state index >= 15 is 0 Å². The van der Waals surface area contributed by atoms with E-state index in [-0.39, 0.29) is 19.8 Å². The van der Waals surface area contributed by atoms with Gasteiger partial charge in [-0.2, -0.15) is 0 Å². The summed E-state index contributed by atoms with van der Waals surface area (Å²) in [4.78, 5) is 0. The van der Waals surface area contributed by atoms with Gasteiger partial charge in [-0.3, -0.25) is 0 Å². The van der Waals surface area contributed by atoms with Crippen LogP contribution in [-0.2, 0) is 23.7 Å². The van der Waals surface area contributed by atoms with Crippen LogP contribution in [0.25, 0.3) is 0 Å². The molecule has 13 heteroatoms. The molecule has 13 nitrogen and oxygen atoms in total. The second-order valence-corrected chi connectivity index (χ2v) is 6.99. The van der Waals surface area contributed by atoms with Gasteiger partial charge in [0.2, 0.25) is 0 Å². The van der Waals surface area contributed by atoms with Crippen LogP contribution < -0.4 is 0 Å². The standard InChI is InChI=1S/C15H26O13/c16-4-1-25-14(9(20)7(4)18)26-3-6-8(19)10(21)15(27-6)28-12-5(17)2-24-13(23)11(12)22/h4-23H,1-3H2. The van der Waals surface area contributed by atoms with Crippen molar-refractivity contribution in [2.75, 3.05) is 19.8 Å². The van der Waals surface area contributed by atoms with Crippen molar-refractivity contribution in [3.63, 3.8) is 0 Å². The number of hydrogen-bond donors (Lipinski definition) is 8. The Bertz CT molecular complexity index is 508. The fourth-order valence-electron chi connectivity index (χ4n) is 3.19. The van der Waals surface area contributed by atoms with Gasteiger partial charge in [-0.05, 0) is 0 Å². The molecule has 0 aromatic heterocycles. The van der Waals surface area contributed by atoms with Gasteiger partial charge in [0.15, 0.2) is 18.9 Å². The van der Waals surface area contributed by atoms with Crippen LogP contribution in [-0.4, -0.2) is 134 Å². The van der Waals surface area contributed by atoms with Crippen molar-refractivity contribution < 1.29 is 64.5 Å². The van der Waals surface area contributed by atoms with E-state index in [9.17, 15) is 40.9 Å². The number of hydrogen-bond acceptors (Lipinski definition) is 13. The van der Waals surface area contributed by atoms with Crippen molar-refractivity contribution in [3.8, 4) is 0 Å². The summed E-state index contributed by atoms with van der Waals surface area (Å²) < 4.78 is 25.7. The minimum absolute atomic E-state index is 0.271. The van der Waals surface area contributed by atoms with Crippen molar-refractivity contribution in [1.82, 2.24) is 0 Å². The van der Waals surface area contributed by atoms with E-state index in [4.69, 9.17) is 23.7 Å². The van der Waals surface area contributed by atoms with Crippen LogP contribution in [0.1, 0.15) is 0 Å². The first-order valence-corrected chi connectivity index (χ1v) is 8.81. The first-order valence-electron chi connectivity index (χ1n) is 8.81. The van der Waals surface area contributed by atoms with E-state index < -0.39 is 73.8 Å². The molecule has 12 atom stereocenters. The minimum Gasteiger partial charge on any atom is -0.388 e. The summed E-state index contributed by atoms with van der Waals surface area (Å²) in [5.74, 6) is 0. The van der Waals surface area contributed by atoms with Crippen molar-refractivity contribution in [3.05, 3.63) is 0 Å². The second-order valence-electron chi connectivity index (χ2n) is 6.99. The largest absolute Gasteiger partial charge is 0.388 e. The van der Waals surface area contributed by atoms with Crippen LogP contribution in [0, 0.1) is 0 Å². The van der Waals surface area contributed by atoms with E-state index in [0.29, 0.717) is 0 Å². The Morgan fingerprint density at radius 3 is 2.04 bits per heavy atom. The molecule has 12 unspecified atom stereocenters. The molecule has 0 bridgehead atoms. The first kappa shape index (κ1) is 22.2. The molecule has 3 aliphatic heterocycles. The highest BCUT2D eigenvalue weighted by Gasteiger charge is 2.49. The minimum atomic E-state index is -1.61. The zero-order chi connectivity index (χ0) is 20.6. The zero-order valence-corrected chi connectivity index (χ0v) is 14.7. The summed E-state index contributed by atoms with van der Waals surface area (Å²) in [6.07, 6.45) is -17.0. The molecule has 0 aliphatic carbocycles. The average molecular weight is 414 g/mol. The Labute approximate surface area is 159 Å². The third kappa shape index (κ3) is 4.46. The fourth-order valence-corrected chi connectivity index (χ4v) is 3.19. The van der Waals surface area contributed by atoms with Gasteiger partial charge >= 0.3 is 0 Å². The Morgan fingerprint density at radius 1 is 0.679 bits per heavy atom. The molecule has 164 valence electrons. The summed E-state index contributed by atoms with van der Waals surface area (Å²) in [5.41, 5.74) is 0. The topological polar surface area (TPSA) is 208 Å². The van der Waals surface area contributed by atoms with E-state index in [0.717, 1.165) is 0 Å². The highest BCUT2D eigenvalue weighted by Crippen LogP contribution is 2.28. The Morgan fingerprint density at radius 2 is 1.32 bits per heavy atom. The van der Waals surface area contributed by atoms with Crippen molar-refractivity contribution in [2.24, 2.45) is 0 Å². The van der Waals surface area contributed by atoms with Gasteiger partial charge in [0.05, 0.1) is 19.8 Å². The maximum Gasteiger partial charge on any atom is 0.187 e. The first-order chi connectivity index (χ1) is 13.2. The number of ether oxygens (including phenoxy) is 5. The van der Waals surface area contributed by atoms with Crippen LogP contribution in [0.5, 0.6) is 0 Å². The third-order valence-corrected chi connectivity index (χ3v) is 4.93. The highest BCUT2D eigenvalue weighted by molar-refractivity contribution is 4.91. The fraction of sp³-hybridized carbons (Fsp3) is 1.00. The smallest absolute Gasteiger partial charge is 0.187 e. The molecule has 3 aliphatic rings. The molecule has 3 fully saturated rings. The van der Waals surface area contributed by atoms with Gasteiger partial charge in [-0.15, -0.1) is 0 Å². The predicted octanol–water partition coefficient (Wildman–Crippen LogP) is -5.66. The molecular formula is C15H26O13. The Balaban J connectivity index is 1.54. The summed E-state index contributed by atoms with van der Waals surface area (Å²) in [5, 5.41) is 78.2. The van der Waals surface area contributed by atoms with Gasteiger partial charge in [0, 0.05) is 0 Å². The molecule has 8 N–H and O–H groups in total. The average Bonchev–Trinajstić information content (AvgIpc) is 2.93. The van der Waals surface area contributed by atoms with E-state index in [1.807, 2.05) is 0 Å². The summed E-state index contributed by atoms with van der Waals surface area (Å²) >= 11 is 0. The number of rotatable bonds is 5. The molecule has 0 amide bonds. The zero-order valence-electron chi connectivity index (χ0n) is 14.7. The monoisotopic (exact) mass is 414 g/mol. The van der Waals surface area contributed by atoms with Gasteiger partial charge < -0.3 is 64.5 Å². The maximum atomic E-state index is 10.1. The van der Waals surface area contributed by atoms with E-state index in [1.54, 1.807) is 0 Å². The van der Waals surface area contributed by atoms with Gasteiger partial charge in [-0.1, -0.05) is 0 Å². The lowest BCUT2D eigenvalue weighted by Crippen LogP contribution is -2.56. The van der Waals surface area contributed by atoms with Gasteiger partial charge in [0.25, 0.3) is 0 Å². The lowest BCUT2D eigenvalue weighted by molar-refractivity contribution is -0.303. The molecule has 0 saturated carbocycles. The summed E-state index contributed by atoms with van der Waals surface area (Å²) in [6, 6.07) is 0. The van der Waals surface area contributed by atoms with Crippen molar-refractivity contribution in [2.45, 2.75) is 73.8 Å². The predicted molar refractivity (Wildman–Crippen MR) is 83.2 cm³/mol.